The Hall–Kier alpha value is -1.48. The topological polar surface area (TPSA) is 27.3 Å². The number of allylic oxidation sites excluding steroid dienone is 3. The van der Waals surface area contributed by atoms with Crippen LogP contribution in [0.25, 0.3) is 0 Å². The van der Waals surface area contributed by atoms with Gasteiger partial charge in [0.05, 0.1) is 0 Å². The van der Waals surface area contributed by atoms with Crippen LogP contribution in [0.15, 0.2) is 48.4 Å². The molecule has 0 aromatic rings. The van der Waals surface area contributed by atoms with Crippen molar-refractivity contribution in [1.29, 1.82) is 0 Å². The van der Waals surface area contributed by atoms with Crippen LogP contribution in [-0.2, 0) is 0 Å². The molecule has 0 heterocycles. The quantitative estimate of drug-likeness (QED) is 0.390. The van der Waals surface area contributed by atoms with Gasteiger partial charge in [0.25, 0.3) is 0 Å². The van der Waals surface area contributed by atoms with Crippen molar-refractivity contribution in [2.45, 2.75) is 59.9 Å². The van der Waals surface area contributed by atoms with Crippen LogP contribution in [-0.4, -0.2) is 38.1 Å². The molecule has 0 amide bonds. The molecular formula is C22H41N3. The molecule has 0 aliphatic carbocycles. The fraction of sp³-hybridized carbons (Fsp3) is 0.636. The smallest absolute Gasteiger partial charge is 0.0445 e. The summed E-state index contributed by atoms with van der Waals surface area (Å²) in [5.41, 5.74) is 3.63. The van der Waals surface area contributed by atoms with E-state index in [1.165, 1.54) is 5.57 Å². The van der Waals surface area contributed by atoms with Gasteiger partial charge in [0, 0.05) is 24.0 Å². The molecule has 0 aromatic carbocycles. The molecule has 0 saturated carbocycles. The number of hydrogen-bond acceptors (Lipinski definition) is 3. The first-order valence-corrected chi connectivity index (χ1v) is 9.45. The molecule has 2 N–H and O–H groups in total. The molecule has 0 aromatic heterocycles. The Balaban J connectivity index is 4.43. The second-order valence-electron chi connectivity index (χ2n) is 8.12. The molecule has 25 heavy (non-hydrogen) atoms. The van der Waals surface area contributed by atoms with Crippen molar-refractivity contribution in [3.8, 4) is 0 Å². The van der Waals surface area contributed by atoms with Crippen LogP contribution < -0.4 is 10.6 Å². The predicted octanol–water partition coefficient (Wildman–Crippen LogP) is 4.86. The predicted molar refractivity (Wildman–Crippen MR) is 114 cm³/mol. The summed E-state index contributed by atoms with van der Waals surface area (Å²) in [5, 5.41) is 6.89. The maximum absolute atomic E-state index is 4.17. The normalized spacial score (nSPS) is 14.0. The molecule has 0 fully saturated rings. The number of hydrogen-bond donors (Lipinski definition) is 2. The van der Waals surface area contributed by atoms with Gasteiger partial charge in [-0.15, -0.1) is 0 Å². The molecule has 144 valence electrons. The lowest BCUT2D eigenvalue weighted by molar-refractivity contribution is 0.397. The largest absolute Gasteiger partial charge is 0.383 e. The summed E-state index contributed by atoms with van der Waals surface area (Å²) in [7, 11) is 4.21. The second kappa shape index (κ2) is 12.0. The van der Waals surface area contributed by atoms with Gasteiger partial charge in [0.15, 0.2) is 0 Å². The van der Waals surface area contributed by atoms with Gasteiger partial charge >= 0.3 is 0 Å². The van der Waals surface area contributed by atoms with Crippen molar-refractivity contribution < 1.29 is 0 Å². The van der Waals surface area contributed by atoms with E-state index in [9.17, 15) is 0 Å². The van der Waals surface area contributed by atoms with Crippen LogP contribution in [0.5, 0.6) is 0 Å². The van der Waals surface area contributed by atoms with Gasteiger partial charge in [-0.25, -0.2) is 0 Å². The Morgan fingerprint density at radius 1 is 1.20 bits per heavy atom. The first kappa shape index (κ1) is 23.5. The second-order valence-corrected chi connectivity index (χ2v) is 8.12. The maximum Gasteiger partial charge on any atom is 0.0445 e. The van der Waals surface area contributed by atoms with Crippen LogP contribution in [0.4, 0.5) is 0 Å². The summed E-state index contributed by atoms with van der Waals surface area (Å²) < 4.78 is 0. The Morgan fingerprint density at radius 2 is 1.84 bits per heavy atom. The Kier molecular flexibility index (Phi) is 11.3. The van der Waals surface area contributed by atoms with Crippen LogP contribution in [0, 0.1) is 5.41 Å². The average Bonchev–Trinajstić information content (AvgIpc) is 2.47. The van der Waals surface area contributed by atoms with E-state index in [1.807, 2.05) is 0 Å². The number of nitrogens with one attached hydrogen (secondary N) is 2. The lowest BCUT2D eigenvalue weighted by atomic mass is 9.96. The SMILES string of the molecule is C=C(/C=C(/CC)[C@@H](C)NC(=C)CCCN(C)C)NC/C=C\C(C)(C)C. The molecule has 0 radical (unpaired) electrons. The summed E-state index contributed by atoms with van der Waals surface area (Å²) in [4.78, 5) is 2.21. The molecule has 0 spiro atoms. The van der Waals surface area contributed by atoms with Crippen LogP contribution in [0.3, 0.4) is 0 Å². The van der Waals surface area contributed by atoms with E-state index < -0.39 is 0 Å². The highest BCUT2D eigenvalue weighted by molar-refractivity contribution is 5.24. The zero-order valence-corrected chi connectivity index (χ0v) is 17.7. The maximum atomic E-state index is 4.17. The van der Waals surface area contributed by atoms with E-state index in [4.69, 9.17) is 0 Å². The minimum absolute atomic E-state index is 0.221. The molecule has 3 nitrogen and oxygen atoms in total. The Bertz CT molecular complexity index is 464. The van der Waals surface area contributed by atoms with Gasteiger partial charge in [-0.1, -0.05) is 53.0 Å². The highest BCUT2D eigenvalue weighted by Crippen LogP contribution is 2.14. The molecule has 0 aliphatic heterocycles. The first-order chi connectivity index (χ1) is 11.5. The Morgan fingerprint density at radius 3 is 2.36 bits per heavy atom. The lowest BCUT2D eigenvalue weighted by Crippen LogP contribution is -2.28. The fourth-order valence-electron chi connectivity index (χ4n) is 2.49. The van der Waals surface area contributed by atoms with Gasteiger partial charge in [-0.05, 0) is 63.9 Å². The summed E-state index contributed by atoms with van der Waals surface area (Å²) >= 11 is 0. The standard InChI is InChI=1S/C22H41N3/c1-10-21(17-19(3)23-15-12-14-22(5,6)7)20(4)24-18(2)13-11-16-25(8)9/h12,14,17,20,23-24H,2-3,10-11,13,15-16H2,1,4-9H3/b14-12-,21-17-/t20-/m1/s1. The summed E-state index contributed by atoms with van der Waals surface area (Å²) in [6.07, 6.45) is 9.69. The van der Waals surface area contributed by atoms with E-state index in [0.29, 0.717) is 0 Å². The summed E-state index contributed by atoms with van der Waals surface area (Å²) in [5.74, 6) is 0. The highest BCUT2D eigenvalue weighted by Gasteiger charge is 2.08. The first-order valence-electron chi connectivity index (χ1n) is 9.45. The van der Waals surface area contributed by atoms with Crippen molar-refractivity contribution in [3.05, 3.63) is 48.4 Å². The minimum Gasteiger partial charge on any atom is -0.383 e. The minimum atomic E-state index is 0.221. The molecule has 0 bridgehead atoms. The van der Waals surface area contributed by atoms with Gasteiger partial charge in [0.2, 0.25) is 0 Å². The zero-order valence-electron chi connectivity index (χ0n) is 17.7. The van der Waals surface area contributed by atoms with Crippen molar-refractivity contribution in [2.24, 2.45) is 5.41 Å². The van der Waals surface area contributed by atoms with E-state index in [2.05, 4.69) is 95.6 Å². The van der Waals surface area contributed by atoms with Crippen molar-refractivity contribution in [2.75, 3.05) is 27.2 Å². The van der Waals surface area contributed by atoms with E-state index in [1.54, 1.807) is 0 Å². The zero-order chi connectivity index (χ0) is 19.5. The molecule has 0 rings (SSSR count). The lowest BCUT2D eigenvalue weighted by Gasteiger charge is -2.21. The third kappa shape index (κ3) is 13.5. The van der Waals surface area contributed by atoms with E-state index in [0.717, 1.165) is 43.7 Å². The van der Waals surface area contributed by atoms with E-state index in [-0.39, 0.29) is 11.5 Å². The van der Waals surface area contributed by atoms with Gasteiger partial charge < -0.3 is 15.5 Å². The average molecular weight is 348 g/mol. The fourth-order valence-corrected chi connectivity index (χ4v) is 2.49. The number of rotatable bonds is 12. The van der Waals surface area contributed by atoms with E-state index >= 15 is 0 Å². The summed E-state index contributed by atoms with van der Waals surface area (Å²) in [6.45, 7) is 21.2. The number of nitrogens with zero attached hydrogens (tertiary/aromatic N) is 1. The van der Waals surface area contributed by atoms with Crippen molar-refractivity contribution in [3.63, 3.8) is 0 Å². The molecule has 0 saturated heterocycles. The van der Waals surface area contributed by atoms with Crippen molar-refractivity contribution >= 4 is 0 Å². The molecule has 0 unspecified atom stereocenters. The molecule has 3 heteroatoms. The van der Waals surface area contributed by atoms with Crippen LogP contribution in [0.2, 0.25) is 0 Å². The molecular weight excluding hydrogens is 306 g/mol. The highest BCUT2D eigenvalue weighted by atomic mass is 15.0. The Labute approximate surface area is 157 Å². The van der Waals surface area contributed by atoms with Crippen molar-refractivity contribution in [1.82, 2.24) is 15.5 Å². The molecule has 0 aliphatic rings. The summed E-state index contributed by atoms with van der Waals surface area (Å²) in [6, 6.07) is 0.278. The third-order valence-electron chi connectivity index (χ3n) is 3.89. The van der Waals surface area contributed by atoms with Gasteiger partial charge in [-0.3, -0.25) is 0 Å². The monoisotopic (exact) mass is 347 g/mol. The van der Waals surface area contributed by atoms with Gasteiger partial charge in [-0.2, -0.15) is 0 Å². The third-order valence-corrected chi connectivity index (χ3v) is 3.89. The van der Waals surface area contributed by atoms with Crippen LogP contribution in [0.1, 0.15) is 53.9 Å². The molecule has 1 atom stereocenters. The van der Waals surface area contributed by atoms with Crippen LogP contribution >= 0.6 is 0 Å². The van der Waals surface area contributed by atoms with Gasteiger partial charge in [0.1, 0.15) is 0 Å².